The van der Waals surface area contributed by atoms with E-state index in [4.69, 9.17) is 0 Å². The summed E-state index contributed by atoms with van der Waals surface area (Å²) < 4.78 is 1.86. The molecule has 0 saturated carbocycles. The molecule has 0 aliphatic rings. The van der Waals surface area contributed by atoms with Gasteiger partial charge < -0.3 is 10.6 Å². The Kier molecular flexibility index (Phi) is 4.70. The van der Waals surface area contributed by atoms with Crippen molar-refractivity contribution in [1.82, 2.24) is 35.2 Å². The Bertz CT molecular complexity index is 847. The van der Waals surface area contributed by atoms with Crippen LogP contribution in [0.3, 0.4) is 0 Å². The fourth-order valence-electron chi connectivity index (χ4n) is 2.11. The number of hydrogen-bond acceptors (Lipinski definition) is 6. The summed E-state index contributed by atoms with van der Waals surface area (Å²) in [5.74, 6) is 0.0252. The zero-order valence-electron chi connectivity index (χ0n) is 12.7. The lowest BCUT2D eigenvalue weighted by Gasteiger charge is -2.06. The zero-order chi connectivity index (χ0) is 16.8. The molecule has 3 heterocycles. The fraction of sp³-hybridized carbons (Fsp3) is 0.200. The van der Waals surface area contributed by atoms with Gasteiger partial charge in [-0.15, -0.1) is 10.2 Å². The molecule has 3 rings (SSSR count). The first kappa shape index (κ1) is 15.5. The number of fused-ring (bicyclic) bond motifs is 1. The standard InChI is InChI=1S/C15H15N7O2/c23-14(10-19-15(24)11-9-16-6-7-17-11)18-5-4-13-21-20-12-3-1-2-8-22(12)13/h1-3,6-9H,4-5,10H2,(H,18,23)(H,19,24). The van der Waals surface area contributed by atoms with Gasteiger partial charge in [-0.05, 0) is 12.1 Å². The van der Waals surface area contributed by atoms with E-state index in [0.717, 1.165) is 11.5 Å². The molecule has 9 nitrogen and oxygen atoms in total. The van der Waals surface area contributed by atoms with Crippen LogP contribution in [0, 0.1) is 0 Å². The smallest absolute Gasteiger partial charge is 0.271 e. The Morgan fingerprint density at radius 2 is 2.04 bits per heavy atom. The van der Waals surface area contributed by atoms with E-state index in [1.54, 1.807) is 0 Å². The molecule has 3 aromatic rings. The molecule has 0 aromatic carbocycles. The highest BCUT2D eigenvalue weighted by Crippen LogP contribution is 2.02. The molecule has 0 spiro atoms. The first-order valence-electron chi connectivity index (χ1n) is 7.33. The highest BCUT2D eigenvalue weighted by atomic mass is 16.2. The number of nitrogens with zero attached hydrogens (tertiary/aromatic N) is 5. The molecular formula is C15H15N7O2. The van der Waals surface area contributed by atoms with Gasteiger partial charge in [-0.2, -0.15) is 0 Å². The molecule has 2 amide bonds. The highest BCUT2D eigenvalue weighted by molar-refractivity contribution is 5.94. The van der Waals surface area contributed by atoms with Crippen molar-refractivity contribution in [3.8, 4) is 0 Å². The Morgan fingerprint density at radius 3 is 2.88 bits per heavy atom. The van der Waals surface area contributed by atoms with Crippen molar-refractivity contribution in [2.75, 3.05) is 13.1 Å². The summed E-state index contributed by atoms with van der Waals surface area (Å²) in [5.41, 5.74) is 0.926. The van der Waals surface area contributed by atoms with Crippen LogP contribution in [0.25, 0.3) is 5.65 Å². The number of rotatable bonds is 6. The van der Waals surface area contributed by atoms with Gasteiger partial charge in [0.15, 0.2) is 5.65 Å². The largest absolute Gasteiger partial charge is 0.354 e. The molecule has 0 radical (unpaired) electrons. The summed E-state index contributed by atoms with van der Waals surface area (Å²) in [7, 11) is 0. The van der Waals surface area contributed by atoms with Gasteiger partial charge in [0.05, 0.1) is 12.7 Å². The highest BCUT2D eigenvalue weighted by Gasteiger charge is 2.09. The first-order valence-corrected chi connectivity index (χ1v) is 7.33. The van der Waals surface area contributed by atoms with E-state index in [1.165, 1.54) is 18.6 Å². The van der Waals surface area contributed by atoms with Gasteiger partial charge in [0, 0.05) is 31.6 Å². The lowest BCUT2D eigenvalue weighted by atomic mass is 10.3. The van der Waals surface area contributed by atoms with E-state index in [9.17, 15) is 9.59 Å². The van der Waals surface area contributed by atoms with Crippen LogP contribution in [-0.2, 0) is 11.2 Å². The van der Waals surface area contributed by atoms with E-state index >= 15 is 0 Å². The van der Waals surface area contributed by atoms with Crippen molar-refractivity contribution in [3.05, 3.63) is 54.5 Å². The predicted octanol–water partition coefficient (Wildman–Crippen LogP) is -0.392. The van der Waals surface area contributed by atoms with Crippen molar-refractivity contribution in [1.29, 1.82) is 0 Å². The number of nitrogens with one attached hydrogen (secondary N) is 2. The van der Waals surface area contributed by atoms with E-state index < -0.39 is 5.91 Å². The molecule has 0 aliphatic carbocycles. The van der Waals surface area contributed by atoms with Crippen molar-refractivity contribution in [2.45, 2.75) is 6.42 Å². The number of amides is 2. The summed E-state index contributed by atoms with van der Waals surface area (Å²) >= 11 is 0. The van der Waals surface area contributed by atoms with Gasteiger partial charge in [0.25, 0.3) is 5.91 Å². The molecule has 0 fully saturated rings. The van der Waals surface area contributed by atoms with Crippen LogP contribution < -0.4 is 10.6 Å². The molecule has 24 heavy (non-hydrogen) atoms. The molecule has 2 N–H and O–H groups in total. The number of carbonyl (C=O) groups is 2. The van der Waals surface area contributed by atoms with Gasteiger partial charge in [0.1, 0.15) is 11.5 Å². The molecule has 0 aliphatic heterocycles. The van der Waals surface area contributed by atoms with Gasteiger partial charge >= 0.3 is 0 Å². The maximum atomic E-state index is 11.8. The molecule has 0 bridgehead atoms. The number of hydrogen-bond donors (Lipinski definition) is 2. The van der Waals surface area contributed by atoms with E-state index in [0.29, 0.717) is 13.0 Å². The van der Waals surface area contributed by atoms with Gasteiger partial charge in [0.2, 0.25) is 5.91 Å². The second kappa shape index (κ2) is 7.27. The van der Waals surface area contributed by atoms with Crippen molar-refractivity contribution < 1.29 is 9.59 Å². The molecule has 9 heteroatoms. The summed E-state index contributed by atoms with van der Waals surface area (Å²) in [6, 6.07) is 5.63. The van der Waals surface area contributed by atoms with Crippen LogP contribution in [0.15, 0.2) is 43.0 Å². The third-order valence-corrected chi connectivity index (χ3v) is 3.26. The Labute approximate surface area is 137 Å². The van der Waals surface area contributed by atoms with Gasteiger partial charge in [-0.3, -0.25) is 19.0 Å². The lowest BCUT2D eigenvalue weighted by molar-refractivity contribution is -0.120. The second-order valence-corrected chi connectivity index (χ2v) is 4.92. The minimum absolute atomic E-state index is 0.129. The summed E-state index contributed by atoms with van der Waals surface area (Å²) in [6.07, 6.45) is 6.63. The molecule has 122 valence electrons. The monoisotopic (exact) mass is 325 g/mol. The van der Waals surface area contributed by atoms with E-state index in [-0.39, 0.29) is 18.1 Å². The van der Waals surface area contributed by atoms with Gasteiger partial charge in [-0.1, -0.05) is 6.07 Å². The summed E-state index contributed by atoms with van der Waals surface area (Å²) in [5, 5.41) is 13.3. The third-order valence-electron chi connectivity index (χ3n) is 3.26. The van der Waals surface area contributed by atoms with Crippen molar-refractivity contribution in [3.63, 3.8) is 0 Å². The minimum atomic E-state index is -0.443. The number of aromatic nitrogens is 5. The van der Waals surface area contributed by atoms with Crippen molar-refractivity contribution in [2.24, 2.45) is 0 Å². The lowest BCUT2D eigenvalue weighted by Crippen LogP contribution is -2.38. The van der Waals surface area contributed by atoms with Crippen LogP contribution in [0.5, 0.6) is 0 Å². The topological polar surface area (TPSA) is 114 Å². The van der Waals surface area contributed by atoms with Crippen LogP contribution in [0.1, 0.15) is 16.3 Å². The predicted molar refractivity (Wildman–Crippen MR) is 84.1 cm³/mol. The number of pyridine rings is 1. The van der Waals surface area contributed by atoms with E-state index in [2.05, 4.69) is 30.8 Å². The Morgan fingerprint density at radius 1 is 1.12 bits per heavy atom. The Balaban J connectivity index is 1.44. The van der Waals surface area contributed by atoms with Crippen molar-refractivity contribution >= 4 is 17.5 Å². The quantitative estimate of drug-likeness (QED) is 0.638. The van der Waals surface area contributed by atoms with Crippen LogP contribution >= 0.6 is 0 Å². The third kappa shape index (κ3) is 3.69. The maximum absolute atomic E-state index is 11.8. The molecule has 0 unspecified atom stereocenters. The molecule has 3 aromatic heterocycles. The first-order chi connectivity index (χ1) is 11.7. The SMILES string of the molecule is O=C(CNC(=O)c1cnccn1)NCCc1nnc2ccccn12. The second-order valence-electron chi connectivity index (χ2n) is 4.92. The Hall–Kier alpha value is -3.36. The molecule has 0 saturated heterocycles. The normalized spacial score (nSPS) is 10.5. The molecular weight excluding hydrogens is 310 g/mol. The molecule has 0 atom stereocenters. The van der Waals surface area contributed by atoms with E-state index in [1.807, 2.05) is 28.8 Å². The van der Waals surface area contributed by atoms with Gasteiger partial charge in [-0.25, -0.2) is 4.98 Å². The fourth-order valence-corrected chi connectivity index (χ4v) is 2.11. The zero-order valence-corrected chi connectivity index (χ0v) is 12.7. The summed E-state index contributed by atoms with van der Waals surface area (Å²) in [4.78, 5) is 31.2. The van der Waals surface area contributed by atoms with Crippen LogP contribution in [-0.4, -0.2) is 49.5 Å². The van der Waals surface area contributed by atoms with Crippen LogP contribution in [0.2, 0.25) is 0 Å². The van der Waals surface area contributed by atoms with Crippen LogP contribution in [0.4, 0.5) is 0 Å². The number of carbonyl (C=O) groups excluding carboxylic acids is 2. The average molecular weight is 325 g/mol. The minimum Gasteiger partial charge on any atom is -0.354 e. The maximum Gasteiger partial charge on any atom is 0.271 e. The summed E-state index contributed by atoms with van der Waals surface area (Å²) in [6.45, 7) is 0.269. The average Bonchev–Trinajstić information content (AvgIpc) is 3.04.